The molecule has 0 radical (unpaired) electrons. The number of hydrogen-bond acceptors (Lipinski definition) is 6. The molecule has 2 rings (SSSR count). The normalized spacial score (nSPS) is 12.2. The van der Waals surface area contributed by atoms with Gasteiger partial charge in [-0.25, -0.2) is 4.98 Å². The number of nitrogens with zero attached hydrogens (tertiary/aromatic N) is 2. The molecule has 23 heavy (non-hydrogen) atoms. The Kier molecular flexibility index (Phi) is 6.12. The SMILES string of the molecule is CC[C@H](C(=O)OC)N(C)Cc1csc(-c2ccc(OC)cc2)n1. The van der Waals surface area contributed by atoms with E-state index >= 15 is 0 Å². The zero-order valence-electron chi connectivity index (χ0n) is 13.9. The van der Waals surface area contributed by atoms with E-state index in [1.165, 1.54) is 7.11 Å². The van der Waals surface area contributed by atoms with Crippen LogP contribution in [0, 0.1) is 0 Å². The van der Waals surface area contributed by atoms with E-state index in [0.29, 0.717) is 13.0 Å². The van der Waals surface area contributed by atoms with E-state index in [4.69, 9.17) is 9.47 Å². The molecule has 1 aromatic carbocycles. The molecule has 0 amide bonds. The van der Waals surface area contributed by atoms with Crippen LogP contribution in [0.2, 0.25) is 0 Å². The maximum Gasteiger partial charge on any atom is 0.323 e. The molecule has 0 spiro atoms. The Morgan fingerprint density at radius 2 is 2.00 bits per heavy atom. The maximum atomic E-state index is 11.8. The van der Waals surface area contributed by atoms with E-state index in [-0.39, 0.29) is 12.0 Å². The third-order valence-electron chi connectivity index (χ3n) is 3.69. The highest BCUT2D eigenvalue weighted by Gasteiger charge is 2.22. The summed E-state index contributed by atoms with van der Waals surface area (Å²) in [4.78, 5) is 18.4. The van der Waals surface area contributed by atoms with Crippen LogP contribution < -0.4 is 4.74 Å². The molecule has 1 aromatic heterocycles. The predicted octanol–water partition coefficient (Wildman–Crippen LogP) is 3.20. The van der Waals surface area contributed by atoms with Gasteiger partial charge >= 0.3 is 5.97 Å². The molecule has 0 aliphatic heterocycles. The molecule has 6 heteroatoms. The molecule has 0 aliphatic carbocycles. The molecule has 0 N–H and O–H groups in total. The van der Waals surface area contributed by atoms with Gasteiger partial charge < -0.3 is 9.47 Å². The fourth-order valence-corrected chi connectivity index (χ4v) is 3.22. The summed E-state index contributed by atoms with van der Waals surface area (Å²) in [6.07, 6.45) is 0.707. The fraction of sp³-hybridized carbons (Fsp3) is 0.412. The number of carbonyl (C=O) groups excluding carboxylic acids is 1. The maximum absolute atomic E-state index is 11.8. The number of esters is 1. The molecule has 5 nitrogen and oxygen atoms in total. The van der Waals surface area contributed by atoms with Crippen LogP contribution in [0.15, 0.2) is 29.6 Å². The lowest BCUT2D eigenvalue weighted by Gasteiger charge is -2.23. The Balaban J connectivity index is 2.07. The summed E-state index contributed by atoms with van der Waals surface area (Å²) in [5, 5.41) is 2.99. The molecule has 1 atom stereocenters. The van der Waals surface area contributed by atoms with Gasteiger partial charge in [0.05, 0.1) is 19.9 Å². The molecule has 0 saturated carbocycles. The number of methoxy groups -OCH3 is 2. The number of thiazole rings is 1. The molecule has 0 unspecified atom stereocenters. The van der Waals surface area contributed by atoms with Crippen molar-refractivity contribution >= 4 is 17.3 Å². The minimum atomic E-state index is -0.244. The van der Waals surface area contributed by atoms with Gasteiger partial charge in [0, 0.05) is 17.5 Å². The highest BCUT2D eigenvalue weighted by molar-refractivity contribution is 7.13. The van der Waals surface area contributed by atoms with Crippen LogP contribution in [0.4, 0.5) is 0 Å². The van der Waals surface area contributed by atoms with E-state index in [9.17, 15) is 4.79 Å². The average Bonchev–Trinajstić information content (AvgIpc) is 3.03. The van der Waals surface area contributed by atoms with Gasteiger partial charge in [-0.05, 0) is 37.7 Å². The third kappa shape index (κ3) is 4.30. The molecule has 0 saturated heterocycles. The Hall–Kier alpha value is -1.92. The first-order valence-electron chi connectivity index (χ1n) is 7.46. The summed E-state index contributed by atoms with van der Waals surface area (Å²) in [5.74, 6) is 0.620. The Labute approximate surface area is 140 Å². The van der Waals surface area contributed by atoms with Gasteiger partial charge in [-0.15, -0.1) is 11.3 Å². The van der Waals surface area contributed by atoms with Crippen LogP contribution >= 0.6 is 11.3 Å². The van der Waals surface area contributed by atoms with Crippen molar-refractivity contribution in [1.29, 1.82) is 0 Å². The van der Waals surface area contributed by atoms with Crippen molar-refractivity contribution in [3.8, 4) is 16.3 Å². The Morgan fingerprint density at radius 3 is 2.57 bits per heavy atom. The molecule has 124 valence electrons. The third-order valence-corrected chi connectivity index (χ3v) is 4.63. The summed E-state index contributed by atoms with van der Waals surface area (Å²) >= 11 is 1.60. The summed E-state index contributed by atoms with van der Waals surface area (Å²) < 4.78 is 10.0. The number of ether oxygens (including phenoxy) is 2. The molecule has 1 heterocycles. The summed E-state index contributed by atoms with van der Waals surface area (Å²) in [6, 6.07) is 7.59. The van der Waals surface area contributed by atoms with Crippen molar-refractivity contribution in [3.05, 3.63) is 35.3 Å². The first kappa shape index (κ1) is 17.4. The van der Waals surface area contributed by atoms with Crippen LogP contribution in [0.5, 0.6) is 5.75 Å². The Bertz CT molecular complexity index is 640. The van der Waals surface area contributed by atoms with E-state index in [1.807, 2.05) is 48.5 Å². The second kappa shape index (κ2) is 8.08. The summed E-state index contributed by atoms with van der Waals surface area (Å²) in [5.41, 5.74) is 2.01. The topological polar surface area (TPSA) is 51.7 Å². The van der Waals surface area contributed by atoms with Gasteiger partial charge in [0.15, 0.2) is 0 Å². The van der Waals surface area contributed by atoms with Gasteiger partial charge in [0.25, 0.3) is 0 Å². The number of likely N-dealkylation sites (N-methyl/N-ethyl adjacent to an activating group) is 1. The van der Waals surface area contributed by atoms with Gasteiger partial charge in [-0.1, -0.05) is 6.92 Å². The first-order chi connectivity index (χ1) is 11.1. The second-order valence-electron chi connectivity index (χ2n) is 5.23. The Morgan fingerprint density at radius 1 is 1.30 bits per heavy atom. The molecule has 2 aromatic rings. The lowest BCUT2D eigenvalue weighted by atomic mass is 10.2. The standard InChI is InChI=1S/C17H22N2O3S/c1-5-15(17(20)22-4)19(2)10-13-11-23-16(18-13)12-6-8-14(21-3)9-7-12/h6-9,11,15H,5,10H2,1-4H3/t15-/m1/s1. The van der Waals surface area contributed by atoms with Gasteiger partial charge in [-0.3, -0.25) is 9.69 Å². The monoisotopic (exact) mass is 334 g/mol. The lowest BCUT2D eigenvalue weighted by Crippen LogP contribution is -2.38. The van der Waals surface area contributed by atoms with E-state index in [1.54, 1.807) is 18.4 Å². The van der Waals surface area contributed by atoms with Gasteiger partial charge in [-0.2, -0.15) is 0 Å². The van der Waals surface area contributed by atoms with E-state index < -0.39 is 0 Å². The number of carbonyl (C=O) groups is 1. The summed E-state index contributed by atoms with van der Waals surface area (Å²) in [6.45, 7) is 2.59. The molecular weight excluding hydrogens is 312 g/mol. The lowest BCUT2D eigenvalue weighted by molar-refractivity contribution is -0.146. The van der Waals surface area contributed by atoms with Crippen molar-refractivity contribution in [2.24, 2.45) is 0 Å². The fourth-order valence-electron chi connectivity index (χ4n) is 2.41. The van der Waals surface area contributed by atoms with Crippen LogP contribution in [0.25, 0.3) is 10.6 Å². The van der Waals surface area contributed by atoms with Crippen LogP contribution in [0.1, 0.15) is 19.0 Å². The minimum Gasteiger partial charge on any atom is -0.497 e. The van der Waals surface area contributed by atoms with Crippen molar-refractivity contribution in [3.63, 3.8) is 0 Å². The number of rotatable bonds is 7. The van der Waals surface area contributed by atoms with E-state index in [2.05, 4.69) is 4.98 Å². The molecular formula is C17H22N2O3S. The zero-order chi connectivity index (χ0) is 16.8. The molecule has 0 aliphatic rings. The smallest absolute Gasteiger partial charge is 0.323 e. The predicted molar refractivity (Wildman–Crippen MR) is 91.7 cm³/mol. The van der Waals surface area contributed by atoms with Crippen LogP contribution in [0.3, 0.4) is 0 Å². The minimum absolute atomic E-state index is 0.208. The van der Waals surface area contributed by atoms with Crippen LogP contribution in [-0.4, -0.2) is 43.2 Å². The molecule has 0 fully saturated rings. The quantitative estimate of drug-likeness (QED) is 0.728. The average molecular weight is 334 g/mol. The zero-order valence-corrected chi connectivity index (χ0v) is 14.7. The molecule has 0 bridgehead atoms. The van der Waals surface area contributed by atoms with Crippen molar-refractivity contribution in [2.45, 2.75) is 25.9 Å². The number of hydrogen-bond donors (Lipinski definition) is 0. The number of benzene rings is 1. The van der Waals surface area contributed by atoms with Crippen molar-refractivity contribution in [2.75, 3.05) is 21.3 Å². The second-order valence-corrected chi connectivity index (χ2v) is 6.09. The van der Waals surface area contributed by atoms with Crippen molar-refractivity contribution in [1.82, 2.24) is 9.88 Å². The largest absolute Gasteiger partial charge is 0.497 e. The first-order valence-corrected chi connectivity index (χ1v) is 8.33. The van der Waals surface area contributed by atoms with Crippen molar-refractivity contribution < 1.29 is 14.3 Å². The summed E-state index contributed by atoms with van der Waals surface area (Å²) in [7, 11) is 4.98. The highest BCUT2D eigenvalue weighted by atomic mass is 32.1. The number of aromatic nitrogens is 1. The van der Waals surface area contributed by atoms with Gasteiger partial charge in [0.2, 0.25) is 0 Å². The van der Waals surface area contributed by atoms with Gasteiger partial charge in [0.1, 0.15) is 16.8 Å². The highest BCUT2D eigenvalue weighted by Crippen LogP contribution is 2.26. The van der Waals surface area contributed by atoms with Crippen LogP contribution in [-0.2, 0) is 16.1 Å². The van der Waals surface area contributed by atoms with E-state index in [0.717, 1.165) is 22.0 Å².